The Morgan fingerprint density at radius 1 is 1.07 bits per heavy atom. The molecule has 7 heteroatoms. The van der Waals surface area contributed by atoms with Crippen molar-refractivity contribution in [2.24, 2.45) is 4.99 Å². The van der Waals surface area contributed by atoms with E-state index >= 15 is 0 Å². The maximum atomic E-state index is 12.4. The van der Waals surface area contributed by atoms with E-state index in [1.165, 1.54) is 18.3 Å². The van der Waals surface area contributed by atoms with Crippen LogP contribution in [0.1, 0.15) is 21.5 Å². The second kappa shape index (κ2) is 8.65. The van der Waals surface area contributed by atoms with Gasteiger partial charge in [-0.15, -0.1) is 0 Å². The lowest BCUT2D eigenvalue weighted by Crippen LogP contribution is -2.09. The van der Waals surface area contributed by atoms with Gasteiger partial charge in [0.25, 0.3) is 0 Å². The van der Waals surface area contributed by atoms with E-state index in [9.17, 15) is 9.90 Å². The number of carbonyl (C=O) groups excluding carboxylic acids is 1. The summed E-state index contributed by atoms with van der Waals surface area (Å²) < 4.78 is 5.32. The molecule has 0 spiro atoms. The summed E-state index contributed by atoms with van der Waals surface area (Å²) in [5, 5.41) is 11.4. The van der Waals surface area contributed by atoms with Gasteiger partial charge in [0.15, 0.2) is 11.5 Å². The standard InChI is InChI=1S/C21H14Cl3NO3/c1-12-4-2-5-13(8-12)21(27)28-18-10-15(22)9-14(20(18)26)11-25-17-7-3-6-16(23)19(17)24/h2-11,26H,1H3. The molecule has 3 aromatic carbocycles. The zero-order chi connectivity index (χ0) is 20.3. The molecule has 1 N–H and O–H groups in total. The van der Waals surface area contributed by atoms with Crippen molar-refractivity contribution in [3.63, 3.8) is 0 Å². The van der Waals surface area contributed by atoms with Crippen LogP contribution in [0.2, 0.25) is 15.1 Å². The molecule has 28 heavy (non-hydrogen) atoms. The molecule has 0 saturated carbocycles. The number of aliphatic imine (C=N–C) groups is 1. The monoisotopic (exact) mass is 433 g/mol. The first-order valence-electron chi connectivity index (χ1n) is 8.14. The number of benzene rings is 3. The molecule has 0 aliphatic rings. The number of nitrogens with zero attached hydrogens (tertiary/aromatic N) is 1. The van der Waals surface area contributed by atoms with E-state index in [1.807, 2.05) is 13.0 Å². The van der Waals surface area contributed by atoms with Gasteiger partial charge in [0.2, 0.25) is 0 Å². The van der Waals surface area contributed by atoms with Crippen molar-refractivity contribution in [2.45, 2.75) is 6.92 Å². The van der Waals surface area contributed by atoms with E-state index in [4.69, 9.17) is 39.5 Å². The minimum absolute atomic E-state index is 0.0716. The molecule has 0 radical (unpaired) electrons. The smallest absolute Gasteiger partial charge is 0.343 e. The molecule has 0 aliphatic carbocycles. The predicted molar refractivity (Wildman–Crippen MR) is 113 cm³/mol. The molecule has 0 fully saturated rings. The zero-order valence-electron chi connectivity index (χ0n) is 14.6. The molecule has 0 aromatic heterocycles. The fourth-order valence-corrected chi connectivity index (χ4v) is 2.99. The van der Waals surface area contributed by atoms with E-state index in [0.717, 1.165) is 5.56 Å². The first kappa shape index (κ1) is 20.2. The third kappa shape index (κ3) is 4.65. The van der Waals surface area contributed by atoms with Crippen LogP contribution in [0.4, 0.5) is 5.69 Å². The van der Waals surface area contributed by atoms with Crippen LogP contribution < -0.4 is 4.74 Å². The van der Waals surface area contributed by atoms with Gasteiger partial charge in [0, 0.05) is 22.9 Å². The molecule has 4 nitrogen and oxygen atoms in total. The fraction of sp³-hybridized carbons (Fsp3) is 0.0476. The van der Waals surface area contributed by atoms with Crippen LogP contribution >= 0.6 is 34.8 Å². The summed E-state index contributed by atoms with van der Waals surface area (Å²) in [6, 6.07) is 14.8. The van der Waals surface area contributed by atoms with Crippen LogP contribution in [0.25, 0.3) is 0 Å². The van der Waals surface area contributed by atoms with Gasteiger partial charge >= 0.3 is 5.97 Å². The van der Waals surface area contributed by atoms with Crippen molar-refractivity contribution in [3.8, 4) is 11.5 Å². The van der Waals surface area contributed by atoms with Gasteiger partial charge in [-0.2, -0.15) is 0 Å². The summed E-state index contributed by atoms with van der Waals surface area (Å²) in [6.45, 7) is 1.86. The molecule has 0 heterocycles. The molecule has 0 bridgehead atoms. The molecular formula is C21H14Cl3NO3. The van der Waals surface area contributed by atoms with E-state index in [0.29, 0.717) is 16.3 Å². The van der Waals surface area contributed by atoms with E-state index in [2.05, 4.69) is 4.99 Å². The lowest BCUT2D eigenvalue weighted by molar-refractivity contribution is 0.0729. The third-order valence-corrected chi connectivity index (χ3v) is 4.83. The second-order valence-electron chi connectivity index (χ2n) is 5.93. The largest absolute Gasteiger partial charge is 0.504 e. The highest BCUT2D eigenvalue weighted by Gasteiger charge is 2.15. The van der Waals surface area contributed by atoms with Gasteiger partial charge in [0.05, 0.1) is 21.3 Å². The van der Waals surface area contributed by atoms with Crippen molar-refractivity contribution in [2.75, 3.05) is 0 Å². The summed E-state index contributed by atoms with van der Waals surface area (Å²) in [5.74, 6) is -0.952. The van der Waals surface area contributed by atoms with E-state index in [-0.39, 0.29) is 27.1 Å². The quantitative estimate of drug-likeness (QED) is 0.285. The SMILES string of the molecule is Cc1cccc(C(=O)Oc2cc(Cl)cc(C=Nc3cccc(Cl)c3Cl)c2O)c1. The molecular weight excluding hydrogens is 421 g/mol. The number of esters is 1. The first-order valence-corrected chi connectivity index (χ1v) is 9.28. The number of halogens is 3. The summed E-state index contributed by atoms with van der Waals surface area (Å²) in [4.78, 5) is 16.6. The van der Waals surface area contributed by atoms with Gasteiger partial charge in [-0.25, -0.2) is 4.79 Å². The molecule has 0 unspecified atom stereocenters. The number of aryl methyl sites for hydroxylation is 1. The molecule has 0 aliphatic heterocycles. The van der Waals surface area contributed by atoms with Crippen LogP contribution in [0, 0.1) is 6.92 Å². The molecule has 0 amide bonds. The number of hydrogen-bond donors (Lipinski definition) is 1. The number of aromatic hydroxyl groups is 1. The Labute approximate surface area is 177 Å². The van der Waals surface area contributed by atoms with Crippen molar-refractivity contribution >= 4 is 52.7 Å². The maximum absolute atomic E-state index is 12.4. The number of ether oxygens (including phenoxy) is 1. The number of rotatable bonds is 4. The summed E-state index contributed by atoms with van der Waals surface area (Å²) in [6.07, 6.45) is 1.36. The van der Waals surface area contributed by atoms with Crippen molar-refractivity contribution < 1.29 is 14.6 Å². The normalized spacial score (nSPS) is 11.0. The second-order valence-corrected chi connectivity index (χ2v) is 7.15. The minimum atomic E-state index is -0.609. The number of carbonyl (C=O) groups is 1. The highest BCUT2D eigenvalue weighted by molar-refractivity contribution is 6.43. The Bertz CT molecular complexity index is 1080. The van der Waals surface area contributed by atoms with Crippen molar-refractivity contribution in [1.82, 2.24) is 0 Å². The Morgan fingerprint density at radius 2 is 1.82 bits per heavy atom. The lowest BCUT2D eigenvalue weighted by Gasteiger charge is -2.09. The van der Waals surface area contributed by atoms with Crippen molar-refractivity contribution in [3.05, 3.63) is 86.4 Å². The first-order chi connectivity index (χ1) is 13.3. The van der Waals surface area contributed by atoms with Crippen LogP contribution in [0.15, 0.2) is 59.6 Å². The predicted octanol–water partition coefficient (Wildman–Crippen LogP) is 6.63. The maximum Gasteiger partial charge on any atom is 0.343 e. The Balaban J connectivity index is 1.90. The van der Waals surface area contributed by atoms with Gasteiger partial charge < -0.3 is 9.84 Å². The van der Waals surface area contributed by atoms with E-state index < -0.39 is 5.97 Å². The molecule has 3 aromatic rings. The summed E-state index contributed by atoms with van der Waals surface area (Å²) in [7, 11) is 0. The lowest BCUT2D eigenvalue weighted by atomic mass is 10.1. The molecule has 142 valence electrons. The topological polar surface area (TPSA) is 58.9 Å². The van der Waals surface area contributed by atoms with Crippen LogP contribution in [-0.2, 0) is 0 Å². The van der Waals surface area contributed by atoms with Gasteiger partial charge in [-0.05, 0) is 37.3 Å². The van der Waals surface area contributed by atoms with Gasteiger partial charge in [-0.1, -0.05) is 58.6 Å². The Hall–Kier alpha value is -2.53. The highest BCUT2D eigenvalue weighted by Crippen LogP contribution is 2.35. The molecule has 0 saturated heterocycles. The van der Waals surface area contributed by atoms with Crippen LogP contribution in [-0.4, -0.2) is 17.3 Å². The highest BCUT2D eigenvalue weighted by atomic mass is 35.5. The Morgan fingerprint density at radius 3 is 2.57 bits per heavy atom. The minimum Gasteiger partial charge on any atom is -0.504 e. The average Bonchev–Trinajstić information content (AvgIpc) is 2.66. The van der Waals surface area contributed by atoms with Gasteiger partial charge in [0.1, 0.15) is 0 Å². The summed E-state index contributed by atoms with van der Waals surface area (Å²) >= 11 is 18.2. The van der Waals surface area contributed by atoms with Crippen LogP contribution in [0.3, 0.4) is 0 Å². The number of phenols is 1. The van der Waals surface area contributed by atoms with Crippen LogP contribution in [0.5, 0.6) is 11.5 Å². The number of hydrogen-bond acceptors (Lipinski definition) is 4. The Kier molecular flexibility index (Phi) is 6.25. The fourth-order valence-electron chi connectivity index (χ4n) is 2.43. The molecule has 0 atom stereocenters. The molecule has 3 rings (SSSR count). The summed E-state index contributed by atoms with van der Waals surface area (Å²) in [5.41, 5.74) is 1.96. The van der Waals surface area contributed by atoms with Crippen molar-refractivity contribution in [1.29, 1.82) is 0 Å². The average molecular weight is 435 g/mol. The van der Waals surface area contributed by atoms with Gasteiger partial charge in [-0.3, -0.25) is 4.99 Å². The van der Waals surface area contributed by atoms with E-state index in [1.54, 1.807) is 36.4 Å². The number of phenolic OH excluding ortho intramolecular Hbond substituents is 1. The zero-order valence-corrected chi connectivity index (χ0v) is 16.9. The third-order valence-electron chi connectivity index (χ3n) is 3.80.